The van der Waals surface area contributed by atoms with Crippen LogP contribution in [-0.4, -0.2) is 17.6 Å². The van der Waals surface area contributed by atoms with Crippen molar-refractivity contribution >= 4 is 11.7 Å². The van der Waals surface area contributed by atoms with E-state index in [1.54, 1.807) is 13.0 Å². The van der Waals surface area contributed by atoms with Crippen LogP contribution in [0.25, 0.3) is 0 Å². The topological polar surface area (TPSA) is 40.5 Å². The van der Waals surface area contributed by atoms with Gasteiger partial charge in [-0.25, -0.2) is 4.39 Å². The number of hydrogen-bond acceptors (Lipinski definition) is 2. The Morgan fingerprint density at radius 2 is 1.90 bits per heavy atom. The molecule has 0 spiro atoms. The first-order valence-electron chi connectivity index (χ1n) is 6.83. The van der Waals surface area contributed by atoms with Gasteiger partial charge in [0.05, 0.1) is 6.42 Å². The molecule has 0 aliphatic heterocycles. The van der Waals surface area contributed by atoms with E-state index in [-0.39, 0.29) is 12.2 Å². The summed E-state index contributed by atoms with van der Waals surface area (Å²) >= 11 is 0. The predicted octanol–water partition coefficient (Wildman–Crippen LogP) is 3.62. The van der Waals surface area contributed by atoms with Crippen molar-refractivity contribution in [3.8, 4) is 0 Å². The van der Waals surface area contributed by atoms with Gasteiger partial charge in [0.15, 0.2) is 0 Å². The van der Waals surface area contributed by atoms with Gasteiger partial charge in [-0.1, -0.05) is 30.3 Å². The Labute approximate surface area is 123 Å². The van der Waals surface area contributed by atoms with Crippen LogP contribution in [0.3, 0.4) is 0 Å². The van der Waals surface area contributed by atoms with Crippen molar-refractivity contribution in [1.29, 1.82) is 0 Å². The van der Waals surface area contributed by atoms with Crippen molar-refractivity contribution in [3.63, 3.8) is 0 Å². The van der Waals surface area contributed by atoms with E-state index in [1.807, 2.05) is 41.3 Å². The zero-order valence-electron chi connectivity index (χ0n) is 11.9. The summed E-state index contributed by atoms with van der Waals surface area (Å²) in [4.78, 5) is 12.7. The van der Waals surface area contributed by atoms with E-state index in [0.717, 1.165) is 11.3 Å². The molecule has 3 nitrogen and oxygen atoms in total. The van der Waals surface area contributed by atoms with Crippen LogP contribution in [0.1, 0.15) is 17.5 Å². The summed E-state index contributed by atoms with van der Waals surface area (Å²) in [5, 5.41) is 8.87. The van der Waals surface area contributed by atoms with E-state index in [9.17, 15) is 9.18 Å². The summed E-state index contributed by atoms with van der Waals surface area (Å²) < 4.78 is 13.6. The zero-order chi connectivity index (χ0) is 15.2. The van der Waals surface area contributed by atoms with Crippen molar-refractivity contribution in [2.75, 3.05) is 11.4 Å². The monoisotopic (exact) mass is 287 g/mol. The first-order valence-corrected chi connectivity index (χ1v) is 6.83. The van der Waals surface area contributed by atoms with Crippen molar-refractivity contribution in [3.05, 3.63) is 65.5 Å². The number of halogens is 1. The molecule has 0 aliphatic carbocycles. The fraction of sp³-hybridized carbons (Fsp3) is 0.235. The first-order chi connectivity index (χ1) is 10.1. The van der Waals surface area contributed by atoms with Gasteiger partial charge < -0.3 is 10.0 Å². The van der Waals surface area contributed by atoms with Crippen LogP contribution in [0, 0.1) is 12.7 Å². The van der Waals surface area contributed by atoms with Gasteiger partial charge in [-0.2, -0.15) is 0 Å². The molecule has 0 aliphatic rings. The third-order valence-corrected chi connectivity index (χ3v) is 3.33. The van der Waals surface area contributed by atoms with Crippen LogP contribution >= 0.6 is 0 Å². The van der Waals surface area contributed by atoms with Gasteiger partial charge in [0.1, 0.15) is 5.82 Å². The molecule has 2 aromatic rings. The summed E-state index contributed by atoms with van der Waals surface area (Å²) in [6.07, 6.45) is 0.0449. The fourth-order valence-electron chi connectivity index (χ4n) is 2.12. The van der Waals surface area contributed by atoms with E-state index >= 15 is 0 Å². The maximum Gasteiger partial charge on any atom is 0.305 e. The molecule has 0 fully saturated rings. The second-order valence-corrected chi connectivity index (χ2v) is 4.98. The highest BCUT2D eigenvalue weighted by molar-refractivity contribution is 5.67. The molecule has 110 valence electrons. The number of aryl methyl sites for hydroxylation is 1. The van der Waals surface area contributed by atoms with Crippen molar-refractivity contribution in [1.82, 2.24) is 0 Å². The molecule has 0 saturated carbocycles. The average Bonchev–Trinajstić information content (AvgIpc) is 2.48. The van der Waals surface area contributed by atoms with E-state index < -0.39 is 5.97 Å². The highest BCUT2D eigenvalue weighted by Gasteiger charge is 2.10. The van der Waals surface area contributed by atoms with Gasteiger partial charge in [-0.15, -0.1) is 0 Å². The number of aliphatic carboxylic acids is 1. The normalized spacial score (nSPS) is 10.4. The molecule has 2 rings (SSSR count). The fourth-order valence-corrected chi connectivity index (χ4v) is 2.12. The standard InChI is InChI=1S/C17H18FNO2/c1-13-7-8-14(11-16(13)18)12-19(10-9-17(20)21)15-5-3-2-4-6-15/h2-8,11H,9-10,12H2,1H3,(H,20,21). The molecule has 1 N–H and O–H groups in total. The minimum Gasteiger partial charge on any atom is -0.481 e. The SMILES string of the molecule is Cc1ccc(CN(CCC(=O)O)c2ccccc2)cc1F. The third kappa shape index (κ3) is 4.31. The second-order valence-electron chi connectivity index (χ2n) is 4.98. The van der Waals surface area contributed by atoms with Gasteiger partial charge in [0.2, 0.25) is 0 Å². The molecular weight excluding hydrogens is 269 g/mol. The first kappa shape index (κ1) is 15.0. The van der Waals surface area contributed by atoms with Crippen LogP contribution in [0.5, 0.6) is 0 Å². The van der Waals surface area contributed by atoms with Gasteiger partial charge in [0, 0.05) is 18.8 Å². The number of nitrogens with zero attached hydrogens (tertiary/aromatic N) is 1. The summed E-state index contributed by atoms with van der Waals surface area (Å²) in [6.45, 7) is 2.59. The lowest BCUT2D eigenvalue weighted by Crippen LogP contribution is -2.25. The predicted molar refractivity (Wildman–Crippen MR) is 80.9 cm³/mol. The lowest BCUT2D eigenvalue weighted by molar-refractivity contribution is -0.136. The number of hydrogen-bond donors (Lipinski definition) is 1. The summed E-state index contributed by atoms with van der Waals surface area (Å²) in [6, 6.07) is 14.7. The van der Waals surface area contributed by atoms with Crippen molar-refractivity contribution < 1.29 is 14.3 Å². The second kappa shape index (κ2) is 6.88. The number of anilines is 1. The third-order valence-electron chi connectivity index (χ3n) is 3.33. The molecular formula is C17H18FNO2. The molecule has 21 heavy (non-hydrogen) atoms. The van der Waals surface area contributed by atoms with Gasteiger partial charge >= 0.3 is 5.97 Å². The molecule has 0 heterocycles. The summed E-state index contributed by atoms with van der Waals surface area (Å²) in [7, 11) is 0. The van der Waals surface area contributed by atoms with Crippen LogP contribution in [0.2, 0.25) is 0 Å². The molecule has 2 aromatic carbocycles. The lowest BCUT2D eigenvalue weighted by Gasteiger charge is -2.24. The molecule has 0 amide bonds. The number of carboxylic acid groups (broad SMARTS) is 1. The van der Waals surface area contributed by atoms with Crippen LogP contribution in [0.15, 0.2) is 48.5 Å². The van der Waals surface area contributed by atoms with Gasteiger partial charge in [-0.3, -0.25) is 4.79 Å². The zero-order valence-corrected chi connectivity index (χ0v) is 11.9. The quantitative estimate of drug-likeness (QED) is 0.882. The average molecular weight is 287 g/mol. The Bertz CT molecular complexity index is 613. The number of carbonyl (C=O) groups is 1. The van der Waals surface area contributed by atoms with Gasteiger partial charge in [0.25, 0.3) is 0 Å². The van der Waals surface area contributed by atoms with Crippen molar-refractivity contribution in [2.45, 2.75) is 19.9 Å². The number of para-hydroxylation sites is 1. The number of rotatable bonds is 6. The van der Waals surface area contributed by atoms with E-state index in [0.29, 0.717) is 18.7 Å². The Hall–Kier alpha value is -2.36. The number of benzene rings is 2. The smallest absolute Gasteiger partial charge is 0.305 e. The molecule has 0 aromatic heterocycles. The minimum atomic E-state index is -0.842. The Morgan fingerprint density at radius 1 is 1.19 bits per heavy atom. The molecule has 0 unspecified atom stereocenters. The van der Waals surface area contributed by atoms with E-state index in [4.69, 9.17) is 5.11 Å². The lowest BCUT2D eigenvalue weighted by atomic mass is 10.1. The molecule has 0 saturated heterocycles. The maximum absolute atomic E-state index is 13.6. The molecule has 0 bridgehead atoms. The van der Waals surface area contributed by atoms with Crippen LogP contribution in [0.4, 0.5) is 10.1 Å². The van der Waals surface area contributed by atoms with Gasteiger partial charge in [-0.05, 0) is 36.2 Å². The molecule has 0 atom stereocenters. The highest BCUT2D eigenvalue weighted by atomic mass is 19.1. The Balaban J connectivity index is 2.18. The Kier molecular flexibility index (Phi) is 4.93. The minimum absolute atomic E-state index is 0.0449. The molecule has 0 radical (unpaired) electrons. The molecule has 4 heteroatoms. The highest BCUT2D eigenvalue weighted by Crippen LogP contribution is 2.18. The number of carboxylic acids is 1. The maximum atomic E-state index is 13.6. The van der Waals surface area contributed by atoms with Crippen LogP contribution in [-0.2, 0) is 11.3 Å². The summed E-state index contributed by atoms with van der Waals surface area (Å²) in [5.74, 6) is -1.08. The van der Waals surface area contributed by atoms with E-state index in [2.05, 4.69) is 0 Å². The summed E-state index contributed by atoms with van der Waals surface area (Å²) in [5.41, 5.74) is 2.36. The largest absolute Gasteiger partial charge is 0.481 e. The van der Waals surface area contributed by atoms with E-state index in [1.165, 1.54) is 6.07 Å². The Morgan fingerprint density at radius 3 is 2.52 bits per heavy atom. The van der Waals surface area contributed by atoms with Crippen molar-refractivity contribution in [2.24, 2.45) is 0 Å². The van der Waals surface area contributed by atoms with Crippen LogP contribution < -0.4 is 4.90 Å².